The zero-order chi connectivity index (χ0) is 25.2. The van der Waals surface area contributed by atoms with Crippen LogP contribution in [0.5, 0.6) is 0 Å². The fourth-order valence-corrected chi connectivity index (χ4v) is 4.57. The highest BCUT2D eigenvalue weighted by atomic mass is 19.1. The quantitative estimate of drug-likeness (QED) is 0.362. The van der Waals surface area contributed by atoms with Gasteiger partial charge in [0.15, 0.2) is 5.78 Å². The number of halogens is 1. The van der Waals surface area contributed by atoms with Gasteiger partial charge in [0.05, 0.1) is 11.6 Å². The third-order valence-corrected chi connectivity index (χ3v) is 6.31. The third-order valence-electron chi connectivity index (χ3n) is 6.31. The number of benzene rings is 2. The van der Waals surface area contributed by atoms with Gasteiger partial charge in [0.25, 0.3) is 5.91 Å². The van der Waals surface area contributed by atoms with Gasteiger partial charge < -0.3 is 15.4 Å². The molecule has 1 atom stereocenters. The molecule has 2 aromatic carbocycles. The van der Waals surface area contributed by atoms with Crippen LogP contribution in [-0.4, -0.2) is 32.7 Å². The maximum atomic E-state index is 13.2. The highest BCUT2D eigenvalue weighted by Gasteiger charge is 2.34. The van der Waals surface area contributed by atoms with E-state index in [0.29, 0.717) is 28.9 Å². The second-order valence-corrected chi connectivity index (χ2v) is 8.75. The number of Topliss-reactive ketones (excluding diaryl/α,β-unsaturated/α-hetero) is 1. The Labute approximate surface area is 206 Å². The number of H-pyrrole nitrogens is 1. The van der Waals surface area contributed by atoms with Crippen LogP contribution in [-0.2, 0) is 17.6 Å². The molecule has 0 saturated heterocycles. The monoisotopic (exact) mass is 483 g/mol. The number of carbonyl (C=O) groups excluding carboxylic acids is 2. The van der Waals surface area contributed by atoms with Crippen molar-refractivity contribution in [2.45, 2.75) is 19.3 Å². The van der Waals surface area contributed by atoms with Crippen molar-refractivity contribution in [2.24, 2.45) is 5.92 Å². The van der Waals surface area contributed by atoms with Crippen molar-refractivity contribution in [1.29, 1.82) is 0 Å². The Morgan fingerprint density at radius 2 is 1.81 bits per heavy atom. The van der Waals surface area contributed by atoms with E-state index in [-0.39, 0.29) is 30.0 Å². The molecule has 0 saturated carbocycles. The van der Waals surface area contributed by atoms with Crippen LogP contribution < -0.4 is 5.32 Å². The van der Waals surface area contributed by atoms with Gasteiger partial charge in [0, 0.05) is 47.8 Å². The van der Waals surface area contributed by atoms with Crippen molar-refractivity contribution in [2.75, 3.05) is 5.32 Å². The number of ketones is 1. The van der Waals surface area contributed by atoms with E-state index in [4.69, 9.17) is 0 Å². The number of rotatable bonds is 6. The van der Waals surface area contributed by atoms with Crippen molar-refractivity contribution in [3.8, 4) is 11.3 Å². The predicted molar refractivity (Wildman–Crippen MR) is 131 cm³/mol. The summed E-state index contributed by atoms with van der Waals surface area (Å²) in [7, 11) is 0. The number of pyridine rings is 1. The van der Waals surface area contributed by atoms with E-state index in [0.717, 1.165) is 11.1 Å². The van der Waals surface area contributed by atoms with Gasteiger partial charge in [0.2, 0.25) is 0 Å². The summed E-state index contributed by atoms with van der Waals surface area (Å²) in [6.45, 7) is 0. The Hall–Kier alpha value is -4.59. The Morgan fingerprint density at radius 1 is 1.06 bits per heavy atom. The van der Waals surface area contributed by atoms with E-state index in [1.165, 1.54) is 24.3 Å². The number of hydrogen-bond acceptors (Lipinski definition) is 4. The van der Waals surface area contributed by atoms with Gasteiger partial charge in [-0.2, -0.15) is 0 Å². The zero-order valence-corrected chi connectivity index (χ0v) is 19.1. The van der Waals surface area contributed by atoms with Crippen LogP contribution in [0.1, 0.15) is 44.0 Å². The van der Waals surface area contributed by atoms with Gasteiger partial charge in [0.1, 0.15) is 11.6 Å². The number of aromatic nitrogens is 2. The largest absolute Gasteiger partial charge is 0.481 e. The number of aliphatic carboxylic acids is 1. The topological polar surface area (TPSA) is 112 Å². The predicted octanol–water partition coefficient (Wildman–Crippen LogP) is 4.89. The first-order valence-corrected chi connectivity index (χ1v) is 11.5. The summed E-state index contributed by atoms with van der Waals surface area (Å²) in [5.74, 6) is -2.55. The van der Waals surface area contributed by atoms with Gasteiger partial charge in [-0.1, -0.05) is 30.3 Å². The molecule has 3 N–H and O–H groups in total. The lowest BCUT2D eigenvalue weighted by atomic mass is 9.84. The molecule has 4 aromatic rings. The van der Waals surface area contributed by atoms with Crippen LogP contribution in [0.25, 0.3) is 11.3 Å². The molecule has 0 spiro atoms. The number of carboxylic acids is 1. The summed E-state index contributed by atoms with van der Waals surface area (Å²) >= 11 is 0. The van der Waals surface area contributed by atoms with Crippen LogP contribution in [0, 0.1) is 11.7 Å². The van der Waals surface area contributed by atoms with Crippen molar-refractivity contribution in [1.82, 2.24) is 9.97 Å². The third kappa shape index (κ3) is 4.65. The van der Waals surface area contributed by atoms with Crippen LogP contribution in [0.2, 0.25) is 0 Å². The molecule has 0 radical (unpaired) electrons. The molecule has 8 heteroatoms. The molecule has 2 heterocycles. The van der Waals surface area contributed by atoms with E-state index in [1.54, 1.807) is 18.3 Å². The van der Waals surface area contributed by atoms with Gasteiger partial charge in [-0.25, -0.2) is 9.37 Å². The van der Waals surface area contributed by atoms with Crippen molar-refractivity contribution < 1.29 is 23.9 Å². The Morgan fingerprint density at radius 3 is 2.53 bits per heavy atom. The number of carbonyl (C=O) groups is 3. The summed E-state index contributed by atoms with van der Waals surface area (Å²) in [5, 5.41) is 12.2. The molecule has 7 nitrogen and oxygen atoms in total. The summed E-state index contributed by atoms with van der Waals surface area (Å²) < 4.78 is 13.2. The lowest BCUT2D eigenvalue weighted by Gasteiger charge is -2.18. The van der Waals surface area contributed by atoms with E-state index >= 15 is 0 Å². The van der Waals surface area contributed by atoms with Crippen LogP contribution in [0.15, 0.2) is 72.9 Å². The van der Waals surface area contributed by atoms with Gasteiger partial charge in [-0.3, -0.25) is 14.4 Å². The molecule has 36 heavy (non-hydrogen) atoms. The Kier molecular flexibility index (Phi) is 6.16. The first kappa shape index (κ1) is 23.2. The van der Waals surface area contributed by atoms with E-state index < -0.39 is 23.6 Å². The molecule has 1 aliphatic carbocycles. The molecule has 5 rings (SSSR count). The first-order chi connectivity index (χ1) is 17.4. The van der Waals surface area contributed by atoms with Crippen molar-refractivity contribution in [3.05, 3.63) is 107 Å². The van der Waals surface area contributed by atoms with Crippen LogP contribution in [0.4, 0.5) is 10.2 Å². The molecule has 0 aliphatic heterocycles. The summed E-state index contributed by atoms with van der Waals surface area (Å²) in [5.41, 5.74) is 4.60. The number of amides is 1. The number of nitrogens with zero attached hydrogens (tertiary/aromatic N) is 1. The lowest BCUT2D eigenvalue weighted by Crippen LogP contribution is -2.26. The number of hydrogen-bond donors (Lipinski definition) is 3. The van der Waals surface area contributed by atoms with Crippen LogP contribution >= 0.6 is 0 Å². The number of aromatic amines is 1. The fraction of sp³-hybridized carbons (Fsp3) is 0.143. The maximum Gasteiger partial charge on any atom is 0.307 e. The fourth-order valence-electron chi connectivity index (χ4n) is 4.57. The van der Waals surface area contributed by atoms with E-state index in [9.17, 15) is 23.9 Å². The number of carboxylic acid groups (broad SMARTS) is 1. The van der Waals surface area contributed by atoms with Gasteiger partial charge in [-0.05, 0) is 47.5 Å². The molecular weight excluding hydrogens is 461 g/mol. The zero-order valence-electron chi connectivity index (χ0n) is 19.1. The normalized spacial score (nSPS) is 14.8. The Balaban J connectivity index is 1.53. The second-order valence-electron chi connectivity index (χ2n) is 8.75. The summed E-state index contributed by atoms with van der Waals surface area (Å²) in [4.78, 5) is 44.8. The SMILES string of the molecule is O=C(Nc1cc(-c2[nH]c3c(c2Cc2ccccc2)C(=O)CC(C(=O)O)C3)ccn1)c1ccc(F)cc1. The smallest absolute Gasteiger partial charge is 0.307 e. The molecule has 1 aliphatic rings. The maximum absolute atomic E-state index is 13.2. The van der Waals surface area contributed by atoms with Gasteiger partial charge >= 0.3 is 5.97 Å². The van der Waals surface area contributed by atoms with Crippen molar-refractivity contribution >= 4 is 23.5 Å². The Bertz CT molecular complexity index is 1460. The minimum atomic E-state index is -0.996. The molecule has 180 valence electrons. The summed E-state index contributed by atoms with van der Waals surface area (Å²) in [6.07, 6.45) is 2.21. The molecule has 1 unspecified atom stereocenters. The highest BCUT2D eigenvalue weighted by Crippen LogP contribution is 2.36. The minimum absolute atomic E-state index is 0.0449. The van der Waals surface area contributed by atoms with E-state index in [1.807, 2.05) is 30.3 Å². The minimum Gasteiger partial charge on any atom is -0.481 e. The average molecular weight is 483 g/mol. The van der Waals surface area contributed by atoms with Crippen LogP contribution in [0.3, 0.4) is 0 Å². The first-order valence-electron chi connectivity index (χ1n) is 11.5. The molecular formula is C28H22FN3O4. The molecule has 2 aromatic heterocycles. The summed E-state index contributed by atoms with van der Waals surface area (Å²) in [6, 6.07) is 18.3. The average Bonchev–Trinajstić information content (AvgIpc) is 3.24. The highest BCUT2D eigenvalue weighted by molar-refractivity contribution is 6.05. The standard InChI is InChI=1S/C28H22FN3O4/c29-20-8-6-17(7-9-20)27(34)32-24-15-18(10-11-30-24)26-21(12-16-4-2-1-3-5-16)25-22(31-26)13-19(28(35)36)14-23(25)33/h1-11,15,19,31H,12-14H2,(H,35,36)(H,30,32,34). The number of anilines is 1. The van der Waals surface area contributed by atoms with Crippen molar-refractivity contribution in [3.63, 3.8) is 0 Å². The van der Waals surface area contributed by atoms with E-state index in [2.05, 4.69) is 15.3 Å². The molecule has 0 bridgehead atoms. The second kappa shape index (κ2) is 9.58. The lowest BCUT2D eigenvalue weighted by molar-refractivity contribution is -0.141. The molecule has 1 amide bonds. The van der Waals surface area contributed by atoms with Gasteiger partial charge in [-0.15, -0.1) is 0 Å². The number of nitrogens with one attached hydrogen (secondary N) is 2. The molecule has 0 fully saturated rings. The number of fused-ring (bicyclic) bond motifs is 1.